The number of nitrogens with one attached hydrogen (secondary N) is 1. The highest BCUT2D eigenvalue weighted by Crippen LogP contribution is 2.45. The van der Waals surface area contributed by atoms with Crippen molar-refractivity contribution in [1.29, 1.82) is 0 Å². The van der Waals surface area contributed by atoms with E-state index in [4.69, 9.17) is 4.74 Å². The van der Waals surface area contributed by atoms with Crippen molar-refractivity contribution in [3.63, 3.8) is 0 Å². The maximum atomic E-state index is 15.4. The fourth-order valence-corrected chi connectivity index (χ4v) is 4.24. The van der Waals surface area contributed by atoms with E-state index < -0.39 is 17.2 Å². The molecule has 220 valence electrons. The summed E-state index contributed by atoms with van der Waals surface area (Å²) >= 11 is 0. The Morgan fingerprint density at radius 3 is 2.51 bits per heavy atom. The largest absolute Gasteiger partial charge is 0.480 e. The Labute approximate surface area is 238 Å². The van der Waals surface area contributed by atoms with Crippen LogP contribution in [-0.2, 0) is 22.1 Å². The highest BCUT2D eigenvalue weighted by Gasteiger charge is 2.32. The first-order chi connectivity index (χ1) is 19.7. The number of ether oxygens (including phenoxy) is 1. The number of aryl methyl sites for hydroxylation is 1. The Balaban J connectivity index is 0.000000850. The van der Waals surface area contributed by atoms with Crippen molar-refractivity contribution in [1.82, 2.24) is 30.3 Å². The lowest BCUT2D eigenvalue weighted by atomic mass is 10.1. The third-order valence-corrected chi connectivity index (χ3v) is 7.04. The molecule has 1 unspecified atom stereocenters. The number of aromatic nitrogens is 5. The normalized spacial score (nSPS) is 13.6. The van der Waals surface area contributed by atoms with Crippen molar-refractivity contribution in [3.8, 4) is 17.3 Å². The Kier molecular flexibility index (Phi) is 11.8. The van der Waals surface area contributed by atoms with Gasteiger partial charge in [0.2, 0.25) is 18.1 Å². The van der Waals surface area contributed by atoms with Crippen LogP contribution in [0.1, 0.15) is 56.1 Å². The average molecular weight is 593 g/mol. The molecule has 0 spiro atoms. The summed E-state index contributed by atoms with van der Waals surface area (Å²) in [6, 6.07) is 3.36. The molecule has 4 rings (SSSR count). The molecule has 1 aliphatic rings. The number of hydrogen-bond acceptors (Lipinski definition) is 11. The molecule has 3 aromatic heterocycles. The minimum Gasteiger partial charge on any atom is -0.480 e. The molecule has 1 aliphatic carbocycles. The van der Waals surface area contributed by atoms with Crippen molar-refractivity contribution < 1.29 is 27.0 Å². The molecule has 0 radical (unpaired) electrons. The van der Waals surface area contributed by atoms with Crippen LogP contribution < -0.4 is 15.4 Å². The Morgan fingerprint density at radius 2 is 1.95 bits per heavy atom. The quantitative estimate of drug-likeness (QED) is 0.137. The molecule has 15 heteroatoms. The van der Waals surface area contributed by atoms with Crippen LogP contribution in [-0.4, -0.2) is 60.9 Å². The summed E-state index contributed by atoms with van der Waals surface area (Å²) in [6.45, 7) is 4.92. The van der Waals surface area contributed by atoms with Gasteiger partial charge < -0.3 is 4.74 Å². The maximum absolute atomic E-state index is 15.4. The van der Waals surface area contributed by atoms with E-state index in [1.807, 2.05) is 6.92 Å². The molecule has 1 N–H and O–H groups in total. The minimum absolute atomic E-state index is 0.00977. The number of hydrogen-bond donors (Lipinski definition) is 1. The fraction of sp³-hybridized carbons (Fsp3) is 0.423. The van der Waals surface area contributed by atoms with Crippen LogP contribution in [0.15, 0.2) is 34.5 Å². The number of aldehydes is 1. The van der Waals surface area contributed by atoms with Gasteiger partial charge in [-0.1, -0.05) is 18.3 Å². The number of pyridine rings is 1. The van der Waals surface area contributed by atoms with Crippen molar-refractivity contribution in [3.05, 3.63) is 41.7 Å². The molecule has 0 saturated heterocycles. The van der Waals surface area contributed by atoms with Crippen molar-refractivity contribution in [2.45, 2.75) is 63.8 Å². The van der Waals surface area contributed by atoms with Crippen LogP contribution >= 0.6 is 0 Å². The first-order valence-electron chi connectivity index (χ1n) is 12.8. The highest BCUT2D eigenvalue weighted by atomic mass is 32.2. The fourth-order valence-electron chi connectivity index (χ4n) is 3.51. The van der Waals surface area contributed by atoms with Crippen LogP contribution in [0.4, 0.5) is 24.8 Å². The van der Waals surface area contributed by atoms with Crippen molar-refractivity contribution in [2.75, 3.05) is 18.1 Å². The Bertz CT molecular complexity index is 1370. The number of rotatable bonds is 12. The SMILES string of the molecule is CCC(F)F.CCS(=O)c1ccc(CNN(F)c2nc(-c3c(OC)ncnc3C3CC3)nc(C)c2N=CC=O)nc1. The number of nitrogens with zero attached hydrogens (tertiary/aromatic N) is 7. The zero-order valence-electron chi connectivity index (χ0n) is 23.1. The van der Waals surface area contributed by atoms with E-state index in [0.717, 1.165) is 24.8 Å². The standard InChI is InChI=1S/C23H25FN8O3S.C3H6F2/c1-4-36(34)17-8-7-16(26-12-17)11-29-32(24)22-19(25-9-10-33)14(2)30-21(31-22)18-20(15-5-6-15)27-13-28-23(18)35-3;1-2-3(4)5/h7-10,12-13,15,29H,4-6,11H2,1-3H3;3H,2H2,1H3. The number of carbonyl (C=O) groups is 1. The summed E-state index contributed by atoms with van der Waals surface area (Å²) in [5, 5.41) is 0.211. The summed E-state index contributed by atoms with van der Waals surface area (Å²) in [5.41, 5.74) is 4.76. The monoisotopic (exact) mass is 592 g/mol. The van der Waals surface area contributed by atoms with E-state index in [0.29, 0.717) is 33.9 Å². The van der Waals surface area contributed by atoms with E-state index in [-0.39, 0.29) is 47.3 Å². The molecule has 0 bridgehead atoms. The second-order valence-electron chi connectivity index (χ2n) is 8.67. The number of alkyl halides is 2. The lowest BCUT2D eigenvalue weighted by Gasteiger charge is -2.18. The molecule has 0 aromatic carbocycles. The molecular weight excluding hydrogens is 561 g/mol. The van der Waals surface area contributed by atoms with Crippen LogP contribution in [0.3, 0.4) is 0 Å². The molecule has 1 fully saturated rings. The molecule has 0 aliphatic heterocycles. The van der Waals surface area contributed by atoms with Gasteiger partial charge in [-0.15, -0.1) is 5.23 Å². The Morgan fingerprint density at radius 1 is 1.22 bits per heavy atom. The topological polar surface area (TPSA) is 135 Å². The second-order valence-corrected chi connectivity index (χ2v) is 10.4. The summed E-state index contributed by atoms with van der Waals surface area (Å²) in [5.74, 6) is 0.977. The van der Waals surface area contributed by atoms with Gasteiger partial charge in [0.25, 0.3) is 0 Å². The van der Waals surface area contributed by atoms with E-state index >= 15 is 4.48 Å². The highest BCUT2D eigenvalue weighted by molar-refractivity contribution is 7.85. The van der Waals surface area contributed by atoms with Gasteiger partial charge in [-0.2, -0.15) is 5.43 Å². The van der Waals surface area contributed by atoms with Gasteiger partial charge in [-0.05, 0) is 31.9 Å². The van der Waals surface area contributed by atoms with Gasteiger partial charge in [0.05, 0.1) is 52.6 Å². The average Bonchev–Trinajstić information content (AvgIpc) is 3.84. The number of hydrazine groups is 1. The zero-order valence-corrected chi connectivity index (χ0v) is 23.9. The summed E-state index contributed by atoms with van der Waals surface area (Å²) in [6.07, 6.45) is 4.20. The predicted octanol–water partition coefficient (Wildman–Crippen LogP) is 4.61. The first-order valence-corrected chi connectivity index (χ1v) is 14.1. The third-order valence-electron chi connectivity index (χ3n) is 5.74. The number of carbonyl (C=O) groups excluding carboxylic acids is 1. The number of halogens is 3. The minimum atomic E-state index is -2.12. The van der Waals surface area contributed by atoms with E-state index in [9.17, 15) is 17.8 Å². The van der Waals surface area contributed by atoms with Crippen LogP contribution in [0, 0.1) is 6.92 Å². The third kappa shape index (κ3) is 8.57. The Hall–Kier alpha value is -3.85. The lowest BCUT2D eigenvalue weighted by molar-refractivity contribution is -0.102. The van der Waals surface area contributed by atoms with Crippen LogP contribution in [0.2, 0.25) is 0 Å². The molecule has 41 heavy (non-hydrogen) atoms. The van der Waals surface area contributed by atoms with Crippen LogP contribution in [0.25, 0.3) is 11.4 Å². The van der Waals surface area contributed by atoms with E-state index in [2.05, 4.69) is 35.3 Å². The van der Waals surface area contributed by atoms with E-state index in [1.54, 1.807) is 19.1 Å². The smallest absolute Gasteiger partial charge is 0.238 e. The van der Waals surface area contributed by atoms with Crippen LogP contribution in [0.5, 0.6) is 5.88 Å². The molecule has 1 saturated carbocycles. The second kappa shape index (κ2) is 15.2. The number of aliphatic imine (C=N–C) groups is 1. The van der Waals surface area contributed by atoms with Gasteiger partial charge in [0.1, 0.15) is 17.6 Å². The summed E-state index contributed by atoms with van der Waals surface area (Å²) < 4.78 is 54.3. The van der Waals surface area contributed by atoms with E-state index in [1.165, 1.54) is 26.6 Å². The maximum Gasteiger partial charge on any atom is 0.238 e. The molecule has 11 nitrogen and oxygen atoms in total. The summed E-state index contributed by atoms with van der Waals surface area (Å²) in [7, 11) is 0.358. The molecular formula is C26H31F3N8O3S. The van der Waals surface area contributed by atoms with Crippen molar-refractivity contribution >= 4 is 34.8 Å². The van der Waals surface area contributed by atoms with Gasteiger partial charge in [-0.25, -0.2) is 33.7 Å². The first kappa shape index (κ1) is 31.7. The zero-order chi connectivity index (χ0) is 29.9. The van der Waals surface area contributed by atoms with Crippen molar-refractivity contribution in [2.24, 2.45) is 4.99 Å². The molecule has 3 heterocycles. The van der Waals surface area contributed by atoms with Gasteiger partial charge in [0.15, 0.2) is 12.1 Å². The predicted molar refractivity (Wildman–Crippen MR) is 148 cm³/mol. The number of anilines is 1. The number of methoxy groups -OCH3 is 1. The molecule has 0 amide bonds. The molecule has 3 aromatic rings. The van der Waals surface area contributed by atoms with Gasteiger partial charge >= 0.3 is 0 Å². The summed E-state index contributed by atoms with van der Waals surface area (Å²) in [4.78, 5) is 37.3. The lowest BCUT2D eigenvalue weighted by Crippen LogP contribution is -2.31. The van der Waals surface area contributed by atoms with Gasteiger partial charge in [0, 0.05) is 24.3 Å². The molecule has 1 atom stereocenters. The van der Waals surface area contributed by atoms with Gasteiger partial charge in [-0.3, -0.25) is 14.0 Å².